The number of rotatable bonds is 4. The molecule has 1 amide bonds. The molecule has 0 radical (unpaired) electrons. The molecule has 0 saturated heterocycles. The lowest BCUT2D eigenvalue weighted by atomic mass is 10.3. The number of nitrogens with one attached hydrogen (secondary N) is 2. The van der Waals surface area contributed by atoms with Crippen molar-refractivity contribution in [3.05, 3.63) is 52.1 Å². The normalized spacial score (nSPS) is 10.7. The molecule has 2 N–H and O–H groups in total. The summed E-state index contributed by atoms with van der Waals surface area (Å²) in [6.45, 7) is 0. The number of carbonyl (C=O) groups is 1. The van der Waals surface area contributed by atoms with Crippen molar-refractivity contribution in [3.63, 3.8) is 0 Å². The van der Waals surface area contributed by atoms with E-state index in [1.165, 1.54) is 11.8 Å². The third-order valence-electron chi connectivity index (χ3n) is 2.84. The second kappa shape index (κ2) is 6.48. The highest BCUT2D eigenvalue weighted by atomic mass is 127. The van der Waals surface area contributed by atoms with Crippen LogP contribution in [-0.2, 0) is 4.79 Å². The maximum Gasteiger partial charge on any atom is 0.234 e. The predicted molar refractivity (Wildman–Crippen MR) is 94.6 cm³/mol. The molecule has 0 aliphatic heterocycles. The Labute approximate surface area is 139 Å². The van der Waals surface area contributed by atoms with Gasteiger partial charge in [0.25, 0.3) is 0 Å². The number of aromatic nitrogens is 2. The number of nitrogens with zero attached hydrogens (tertiary/aromatic N) is 1. The standard InChI is InChI=1S/C15H12IN3OS/c16-10-5-7-11(8-6-10)17-14(20)9-21-15-18-12-3-1-2-4-13(12)19-15/h1-8H,9H2,(H,17,20)(H,18,19). The Hall–Kier alpha value is -1.54. The number of thioether (sulfide) groups is 1. The topological polar surface area (TPSA) is 57.8 Å². The third-order valence-corrected chi connectivity index (χ3v) is 4.43. The number of hydrogen-bond donors (Lipinski definition) is 2. The Morgan fingerprint density at radius 1 is 1.19 bits per heavy atom. The SMILES string of the molecule is O=C(CSc1nc2ccccc2[nH]1)Nc1ccc(I)cc1. The molecule has 21 heavy (non-hydrogen) atoms. The van der Waals surface area contributed by atoms with Crippen LogP contribution in [0.4, 0.5) is 5.69 Å². The lowest BCUT2D eigenvalue weighted by molar-refractivity contribution is -0.113. The number of imidazole rings is 1. The smallest absolute Gasteiger partial charge is 0.234 e. The minimum Gasteiger partial charge on any atom is -0.333 e. The molecule has 0 fully saturated rings. The molecule has 6 heteroatoms. The van der Waals surface area contributed by atoms with Gasteiger partial charge in [0.15, 0.2) is 5.16 Å². The van der Waals surface area contributed by atoms with Crippen LogP contribution in [0, 0.1) is 3.57 Å². The summed E-state index contributed by atoms with van der Waals surface area (Å²) in [4.78, 5) is 19.5. The van der Waals surface area contributed by atoms with Crippen LogP contribution >= 0.6 is 34.4 Å². The summed E-state index contributed by atoms with van der Waals surface area (Å²) in [5.41, 5.74) is 2.71. The fourth-order valence-corrected chi connectivity index (χ4v) is 2.91. The van der Waals surface area contributed by atoms with Crippen molar-refractivity contribution in [2.75, 3.05) is 11.1 Å². The molecule has 2 aromatic carbocycles. The van der Waals surface area contributed by atoms with Gasteiger partial charge in [0.2, 0.25) is 5.91 Å². The van der Waals surface area contributed by atoms with Crippen molar-refractivity contribution in [2.24, 2.45) is 0 Å². The van der Waals surface area contributed by atoms with Gasteiger partial charge in [-0.3, -0.25) is 4.79 Å². The number of H-pyrrole nitrogens is 1. The first-order valence-electron chi connectivity index (χ1n) is 6.34. The Morgan fingerprint density at radius 3 is 2.71 bits per heavy atom. The fourth-order valence-electron chi connectivity index (χ4n) is 1.86. The van der Waals surface area contributed by atoms with Crippen molar-refractivity contribution in [1.82, 2.24) is 9.97 Å². The monoisotopic (exact) mass is 409 g/mol. The number of anilines is 1. The zero-order chi connectivity index (χ0) is 14.7. The van der Waals surface area contributed by atoms with Gasteiger partial charge in [-0.2, -0.15) is 0 Å². The Morgan fingerprint density at radius 2 is 1.95 bits per heavy atom. The van der Waals surface area contributed by atoms with Crippen LogP contribution < -0.4 is 5.32 Å². The van der Waals surface area contributed by atoms with E-state index in [2.05, 4.69) is 37.9 Å². The number of para-hydroxylation sites is 2. The molecule has 0 aliphatic rings. The summed E-state index contributed by atoms with van der Waals surface area (Å²) in [5, 5.41) is 3.63. The van der Waals surface area contributed by atoms with Crippen LogP contribution in [0.2, 0.25) is 0 Å². The molecule has 3 aromatic rings. The van der Waals surface area contributed by atoms with Gasteiger partial charge >= 0.3 is 0 Å². The van der Waals surface area contributed by atoms with Gasteiger partial charge in [-0.1, -0.05) is 23.9 Å². The Bertz CT molecular complexity index is 737. The lowest BCUT2D eigenvalue weighted by Crippen LogP contribution is -2.14. The van der Waals surface area contributed by atoms with Crippen molar-refractivity contribution >= 4 is 57.0 Å². The van der Waals surface area contributed by atoms with Crippen molar-refractivity contribution in [1.29, 1.82) is 0 Å². The second-order valence-electron chi connectivity index (χ2n) is 4.40. The third kappa shape index (κ3) is 3.76. The zero-order valence-electron chi connectivity index (χ0n) is 11.0. The molecule has 106 valence electrons. The van der Waals surface area contributed by atoms with Crippen LogP contribution in [0.3, 0.4) is 0 Å². The molecule has 4 nitrogen and oxygen atoms in total. The van der Waals surface area contributed by atoms with Crippen LogP contribution in [0.25, 0.3) is 11.0 Å². The summed E-state index contributed by atoms with van der Waals surface area (Å²) in [6, 6.07) is 15.5. The van der Waals surface area contributed by atoms with Crippen LogP contribution in [0.5, 0.6) is 0 Å². The molecule has 0 aliphatic carbocycles. The maximum absolute atomic E-state index is 11.9. The minimum atomic E-state index is -0.0401. The van der Waals surface area contributed by atoms with E-state index in [0.29, 0.717) is 5.75 Å². The van der Waals surface area contributed by atoms with Gasteiger partial charge in [-0.05, 0) is 59.0 Å². The molecule has 0 atom stereocenters. The number of fused-ring (bicyclic) bond motifs is 1. The summed E-state index contributed by atoms with van der Waals surface area (Å²) in [7, 11) is 0. The first-order chi connectivity index (χ1) is 10.2. The molecule has 0 spiro atoms. The predicted octanol–water partition coefficient (Wildman–Crippen LogP) is 3.90. The highest BCUT2D eigenvalue weighted by Crippen LogP contribution is 2.19. The number of aromatic amines is 1. The quantitative estimate of drug-likeness (QED) is 0.508. The van der Waals surface area contributed by atoms with Gasteiger partial charge in [0.05, 0.1) is 16.8 Å². The molecular formula is C15H12IN3OS. The van der Waals surface area contributed by atoms with Crippen molar-refractivity contribution in [2.45, 2.75) is 5.16 Å². The van der Waals surface area contributed by atoms with E-state index in [4.69, 9.17) is 0 Å². The van der Waals surface area contributed by atoms with E-state index in [-0.39, 0.29) is 5.91 Å². The van der Waals surface area contributed by atoms with E-state index < -0.39 is 0 Å². The molecule has 1 heterocycles. The summed E-state index contributed by atoms with van der Waals surface area (Å²) in [5.74, 6) is 0.285. The molecule has 0 saturated carbocycles. The van der Waals surface area contributed by atoms with Crippen LogP contribution in [-0.4, -0.2) is 21.6 Å². The van der Waals surface area contributed by atoms with Gasteiger partial charge in [0, 0.05) is 9.26 Å². The summed E-state index contributed by atoms with van der Waals surface area (Å²) < 4.78 is 1.14. The number of amides is 1. The molecule has 0 unspecified atom stereocenters. The zero-order valence-corrected chi connectivity index (χ0v) is 13.9. The van der Waals surface area contributed by atoms with Crippen molar-refractivity contribution < 1.29 is 4.79 Å². The van der Waals surface area contributed by atoms with Gasteiger partial charge in [-0.15, -0.1) is 0 Å². The van der Waals surface area contributed by atoms with Gasteiger partial charge < -0.3 is 10.3 Å². The van der Waals surface area contributed by atoms with E-state index >= 15 is 0 Å². The lowest BCUT2D eigenvalue weighted by Gasteiger charge is -2.04. The number of hydrogen-bond acceptors (Lipinski definition) is 3. The first kappa shape index (κ1) is 14.4. The number of benzene rings is 2. The minimum absolute atomic E-state index is 0.0401. The largest absolute Gasteiger partial charge is 0.333 e. The summed E-state index contributed by atoms with van der Waals surface area (Å²) >= 11 is 3.63. The molecule has 3 rings (SSSR count). The van der Waals surface area contributed by atoms with Gasteiger partial charge in [-0.25, -0.2) is 4.98 Å². The number of halogens is 1. The highest BCUT2D eigenvalue weighted by Gasteiger charge is 2.07. The summed E-state index contributed by atoms with van der Waals surface area (Å²) in [6.07, 6.45) is 0. The van der Waals surface area contributed by atoms with E-state index in [1.807, 2.05) is 48.5 Å². The second-order valence-corrected chi connectivity index (χ2v) is 6.61. The molecule has 1 aromatic heterocycles. The maximum atomic E-state index is 11.9. The fraction of sp³-hybridized carbons (Fsp3) is 0.0667. The highest BCUT2D eigenvalue weighted by molar-refractivity contribution is 14.1. The molecular weight excluding hydrogens is 397 g/mol. The first-order valence-corrected chi connectivity index (χ1v) is 8.40. The average molecular weight is 409 g/mol. The van der Waals surface area contributed by atoms with Crippen LogP contribution in [0.15, 0.2) is 53.7 Å². The average Bonchev–Trinajstić information content (AvgIpc) is 2.90. The van der Waals surface area contributed by atoms with E-state index in [9.17, 15) is 4.79 Å². The number of carbonyl (C=O) groups excluding carboxylic acids is 1. The Kier molecular flexibility index (Phi) is 4.45. The van der Waals surface area contributed by atoms with E-state index in [1.54, 1.807) is 0 Å². The van der Waals surface area contributed by atoms with Crippen LogP contribution in [0.1, 0.15) is 0 Å². The Balaban J connectivity index is 1.59. The van der Waals surface area contributed by atoms with Gasteiger partial charge in [0.1, 0.15) is 0 Å². The van der Waals surface area contributed by atoms with E-state index in [0.717, 1.165) is 25.4 Å². The molecule has 0 bridgehead atoms. The van der Waals surface area contributed by atoms with Crippen molar-refractivity contribution in [3.8, 4) is 0 Å².